The number of carbonyl (C=O) groups excluding carboxylic acids is 1. The quantitative estimate of drug-likeness (QED) is 0.746. The molecule has 0 amide bonds. The van der Waals surface area contributed by atoms with Crippen molar-refractivity contribution in [3.05, 3.63) is 23.8 Å². The van der Waals surface area contributed by atoms with Gasteiger partial charge in [-0.15, -0.1) is 0 Å². The van der Waals surface area contributed by atoms with Crippen molar-refractivity contribution in [2.45, 2.75) is 45.8 Å². The number of fused-ring (bicyclic) bond motifs is 1. The van der Waals surface area contributed by atoms with Gasteiger partial charge in [-0.2, -0.15) is 0 Å². The van der Waals surface area contributed by atoms with Gasteiger partial charge in [0.1, 0.15) is 0 Å². The smallest absolute Gasteiger partial charge is 0.181 e. The molecule has 0 saturated heterocycles. The fourth-order valence-corrected chi connectivity index (χ4v) is 3.58. The van der Waals surface area contributed by atoms with Gasteiger partial charge < -0.3 is 10.2 Å². The van der Waals surface area contributed by atoms with Crippen LogP contribution < -0.4 is 0 Å². The molecule has 0 unspecified atom stereocenters. The maximum atomic E-state index is 12.0. The Bertz CT molecular complexity index is 428. The van der Waals surface area contributed by atoms with E-state index in [0.29, 0.717) is 12.0 Å². The Hall–Kier alpha value is -0.930. The monoisotopic (exact) mass is 250 g/mol. The second-order valence-corrected chi connectivity index (χ2v) is 6.42. The van der Waals surface area contributed by atoms with Crippen LogP contribution in [-0.2, 0) is 4.79 Å². The zero-order chi connectivity index (χ0) is 13.7. The molecule has 0 saturated carbocycles. The van der Waals surface area contributed by atoms with Crippen molar-refractivity contribution in [3.8, 4) is 0 Å². The van der Waals surface area contributed by atoms with Crippen molar-refractivity contribution in [2.75, 3.05) is 0 Å². The average Bonchev–Trinajstić information content (AvgIpc) is 2.20. The highest BCUT2D eigenvalue weighted by atomic mass is 16.3. The van der Waals surface area contributed by atoms with Crippen molar-refractivity contribution in [3.63, 3.8) is 0 Å². The Morgan fingerprint density at radius 2 is 2.06 bits per heavy atom. The van der Waals surface area contributed by atoms with Crippen molar-refractivity contribution in [1.82, 2.24) is 0 Å². The van der Waals surface area contributed by atoms with Crippen LogP contribution in [0.15, 0.2) is 23.8 Å². The molecule has 0 heterocycles. The topological polar surface area (TPSA) is 57.5 Å². The van der Waals surface area contributed by atoms with E-state index < -0.39 is 17.1 Å². The Kier molecular flexibility index (Phi) is 3.03. The fraction of sp³-hybridized carbons (Fsp3) is 0.667. The number of ketones is 1. The summed E-state index contributed by atoms with van der Waals surface area (Å²) in [6.45, 7) is 7.62. The molecule has 0 bridgehead atoms. The van der Waals surface area contributed by atoms with E-state index in [-0.39, 0.29) is 17.6 Å². The van der Waals surface area contributed by atoms with E-state index in [9.17, 15) is 15.0 Å². The van der Waals surface area contributed by atoms with Crippen LogP contribution in [0.1, 0.15) is 34.1 Å². The van der Waals surface area contributed by atoms with E-state index in [1.807, 2.05) is 19.9 Å². The van der Waals surface area contributed by atoms with E-state index in [4.69, 9.17) is 0 Å². The average molecular weight is 250 g/mol. The highest BCUT2D eigenvalue weighted by molar-refractivity contribution is 6.06. The SMILES string of the molecule is C[C@@H]1C[C@H](O)C=C2C(=O)C=C[C@@H](C(C)(C)O)[C@]21C. The largest absolute Gasteiger partial charge is 0.390 e. The first-order valence-electron chi connectivity index (χ1n) is 6.52. The zero-order valence-corrected chi connectivity index (χ0v) is 11.5. The Morgan fingerprint density at radius 3 is 2.61 bits per heavy atom. The van der Waals surface area contributed by atoms with Crippen LogP contribution in [0.4, 0.5) is 0 Å². The third kappa shape index (κ3) is 1.86. The standard InChI is InChI=1S/C15H22O3/c1-9-7-10(16)8-11-12(17)5-6-13(14(2,3)18)15(9,11)4/h5-6,8-10,13,16,18H,7H2,1-4H3/t9-,10+,13+,15+/m1/s1. The third-order valence-electron chi connectivity index (χ3n) is 4.67. The Balaban J connectivity index is 2.59. The van der Waals surface area contributed by atoms with E-state index >= 15 is 0 Å². The molecule has 0 aromatic rings. The fourth-order valence-electron chi connectivity index (χ4n) is 3.58. The molecular formula is C15H22O3. The Labute approximate surface area is 108 Å². The summed E-state index contributed by atoms with van der Waals surface area (Å²) >= 11 is 0. The highest BCUT2D eigenvalue weighted by Crippen LogP contribution is 2.53. The number of allylic oxidation sites excluding steroid dienone is 2. The predicted octanol–water partition coefficient (Wildman–Crippen LogP) is 1.85. The van der Waals surface area contributed by atoms with Crippen LogP contribution in [0.3, 0.4) is 0 Å². The van der Waals surface area contributed by atoms with Crippen LogP contribution in [0, 0.1) is 17.3 Å². The van der Waals surface area contributed by atoms with Crippen molar-refractivity contribution in [2.24, 2.45) is 17.3 Å². The van der Waals surface area contributed by atoms with Crippen LogP contribution >= 0.6 is 0 Å². The zero-order valence-electron chi connectivity index (χ0n) is 11.5. The number of rotatable bonds is 1. The van der Waals surface area contributed by atoms with Crippen LogP contribution in [-0.4, -0.2) is 27.7 Å². The molecule has 2 N–H and O–H groups in total. The molecule has 2 aliphatic carbocycles. The molecular weight excluding hydrogens is 228 g/mol. The molecule has 0 aromatic heterocycles. The molecule has 0 radical (unpaired) electrons. The van der Waals surface area contributed by atoms with Crippen molar-refractivity contribution < 1.29 is 15.0 Å². The second kappa shape index (κ2) is 4.04. The lowest BCUT2D eigenvalue weighted by atomic mass is 9.54. The lowest BCUT2D eigenvalue weighted by Crippen LogP contribution is -2.51. The van der Waals surface area contributed by atoms with Gasteiger partial charge in [-0.3, -0.25) is 4.79 Å². The van der Waals surface area contributed by atoms with Crippen LogP contribution in [0.2, 0.25) is 0 Å². The third-order valence-corrected chi connectivity index (χ3v) is 4.67. The van der Waals surface area contributed by atoms with Gasteiger partial charge in [0.05, 0.1) is 11.7 Å². The minimum atomic E-state index is -0.887. The van der Waals surface area contributed by atoms with Crippen molar-refractivity contribution in [1.29, 1.82) is 0 Å². The van der Waals surface area contributed by atoms with E-state index in [1.54, 1.807) is 19.9 Å². The normalized spacial score (nSPS) is 40.4. The van der Waals surface area contributed by atoms with Gasteiger partial charge in [0.25, 0.3) is 0 Å². The van der Waals surface area contributed by atoms with Crippen LogP contribution in [0.5, 0.6) is 0 Å². The van der Waals surface area contributed by atoms with Gasteiger partial charge in [-0.25, -0.2) is 0 Å². The summed E-state index contributed by atoms with van der Waals surface area (Å²) < 4.78 is 0. The highest BCUT2D eigenvalue weighted by Gasteiger charge is 2.52. The summed E-state index contributed by atoms with van der Waals surface area (Å²) in [5.41, 5.74) is -0.631. The van der Waals surface area contributed by atoms with Gasteiger partial charge >= 0.3 is 0 Å². The summed E-state index contributed by atoms with van der Waals surface area (Å²) in [5, 5.41) is 20.2. The first-order valence-corrected chi connectivity index (χ1v) is 6.52. The molecule has 2 aliphatic rings. The molecule has 4 atom stereocenters. The van der Waals surface area contributed by atoms with E-state index in [0.717, 1.165) is 0 Å². The van der Waals surface area contributed by atoms with Crippen LogP contribution in [0.25, 0.3) is 0 Å². The summed E-state index contributed by atoms with van der Waals surface area (Å²) in [6, 6.07) is 0. The number of hydrogen-bond donors (Lipinski definition) is 2. The molecule has 100 valence electrons. The van der Waals surface area contributed by atoms with E-state index in [2.05, 4.69) is 0 Å². The Morgan fingerprint density at radius 1 is 1.44 bits per heavy atom. The minimum absolute atomic E-state index is 0.0383. The number of hydrogen-bond acceptors (Lipinski definition) is 3. The van der Waals surface area contributed by atoms with E-state index in [1.165, 1.54) is 6.08 Å². The molecule has 18 heavy (non-hydrogen) atoms. The first-order chi connectivity index (χ1) is 8.17. The predicted molar refractivity (Wildman–Crippen MR) is 69.9 cm³/mol. The summed E-state index contributed by atoms with van der Waals surface area (Å²) in [5.74, 6) is -0.00197. The molecule has 3 nitrogen and oxygen atoms in total. The minimum Gasteiger partial charge on any atom is -0.390 e. The summed E-state index contributed by atoms with van der Waals surface area (Å²) in [6.07, 6.45) is 5.11. The summed E-state index contributed by atoms with van der Waals surface area (Å²) in [7, 11) is 0. The molecule has 0 aromatic carbocycles. The van der Waals surface area contributed by atoms with Crippen molar-refractivity contribution >= 4 is 5.78 Å². The number of aliphatic hydroxyl groups excluding tert-OH is 1. The maximum absolute atomic E-state index is 12.0. The maximum Gasteiger partial charge on any atom is 0.181 e. The second-order valence-electron chi connectivity index (χ2n) is 6.42. The first kappa shape index (κ1) is 13.5. The molecule has 3 heteroatoms. The number of carbonyl (C=O) groups is 1. The van der Waals surface area contributed by atoms with Gasteiger partial charge in [-0.05, 0) is 38.3 Å². The lowest BCUT2D eigenvalue weighted by Gasteiger charge is -2.51. The molecule has 0 spiro atoms. The molecule has 0 fully saturated rings. The molecule has 0 aliphatic heterocycles. The van der Waals surface area contributed by atoms with Gasteiger partial charge in [-0.1, -0.05) is 19.9 Å². The summed E-state index contributed by atoms with van der Waals surface area (Å²) in [4.78, 5) is 12.0. The van der Waals surface area contributed by atoms with Gasteiger partial charge in [0.2, 0.25) is 0 Å². The van der Waals surface area contributed by atoms with Gasteiger partial charge in [0.15, 0.2) is 5.78 Å². The van der Waals surface area contributed by atoms with Gasteiger partial charge in [0, 0.05) is 16.9 Å². The molecule has 2 rings (SSSR count). The number of aliphatic hydroxyl groups is 2. The lowest BCUT2D eigenvalue weighted by molar-refractivity contribution is -0.116.